The summed E-state index contributed by atoms with van der Waals surface area (Å²) in [4.78, 5) is 22.3. The average molecular weight is 410 g/mol. The van der Waals surface area contributed by atoms with Gasteiger partial charge in [-0.05, 0) is 50.9 Å². The maximum absolute atomic E-state index is 12.6. The molecule has 0 radical (unpaired) electrons. The number of hydrogen-bond donors (Lipinski definition) is 1. The second-order valence-electron chi connectivity index (χ2n) is 8.31. The van der Waals surface area contributed by atoms with E-state index in [1.54, 1.807) is 7.11 Å². The highest BCUT2D eigenvalue weighted by Crippen LogP contribution is 2.34. The van der Waals surface area contributed by atoms with Gasteiger partial charge in [0.05, 0.1) is 12.3 Å². The summed E-state index contributed by atoms with van der Waals surface area (Å²) in [6.07, 6.45) is 6.47. The predicted molar refractivity (Wildman–Crippen MR) is 115 cm³/mol. The van der Waals surface area contributed by atoms with Crippen LogP contribution < -0.4 is 10.1 Å². The van der Waals surface area contributed by atoms with Crippen molar-refractivity contribution in [2.24, 2.45) is 11.8 Å². The van der Waals surface area contributed by atoms with Crippen LogP contribution in [0.25, 0.3) is 11.4 Å². The lowest BCUT2D eigenvalue weighted by Crippen LogP contribution is -2.32. The molecule has 1 aromatic carbocycles. The molecule has 2 aromatic rings. The third-order valence-corrected chi connectivity index (χ3v) is 5.91. The van der Waals surface area contributed by atoms with Gasteiger partial charge in [0.25, 0.3) is 0 Å². The van der Waals surface area contributed by atoms with Gasteiger partial charge in [0, 0.05) is 37.3 Å². The molecule has 6 nitrogen and oxygen atoms in total. The molecule has 6 heteroatoms. The maximum Gasteiger partial charge on any atom is 0.223 e. The van der Waals surface area contributed by atoms with Crippen LogP contribution in [0.2, 0.25) is 0 Å². The first-order valence-electron chi connectivity index (χ1n) is 11.1. The summed E-state index contributed by atoms with van der Waals surface area (Å²) < 4.78 is 11.2. The van der Waals surface area contributed by atoms with Crippen LogP contribution in [0.3, 0.4) is 0 Å². The Morgan fingerprint density at radius 2 is 1.90 bits per heavy atom. The summed E-state index contributed by atoms with van der Waals surface area (Å²) >= 11 is 0. The molecule has 1 aromatic heterocycles. The number of methoxy groups -OCH3 is 1. The predicted octanol–water partition coefficient (Wildman–Crippen LogP) is 3.58. The van der Waals surface area contributed by atoms with Gasteiger partial charge in [0.1, 0.15) is 0 Å². The number of carbonyl (C=O) groups is 1. The number of amides is 1. The molecule has 0 aliphatic heterocycles. The summed E-state index contributed by atoms with van der Waals surface area (Å²) in [6, 6.07) is 10.0. The van der Waals surface area contributed by atoms with E-state index < -0.39 is 0 Å². The molecule has 160 valence electrons. The Labute approximate surface area is 178 Å². The van der Waals surface area contributed by atoms with Gasteiger partial charge in [0.2, 0.25) is 11.8 Å². The van der Waals surface area contributed by atoms with Crippen LogP contribution in [-0.2, 0) is 22.4 Å². The third kappa shape index (κ3) is 5.36. The minimum atomic E-state index is -0.00166. The van der Waals surface area contributed by atoms with E-state index in [-0.39, 0.29) is 11.8 Å². The second kappa shape index (κ2) is 10.0. The van der Waals surface area contributed by atoms with Gasteiger partial charge in [-0.2, -0.15) is 4.98 Å². The molecule has 1 unspecified atom stereocenters. The lowest BCUT2D eigenvalue weighted by atomic mass is 9.99. The zero-order valence-corrected chi connectivity index (χ0v) is 17.7. The third-order valence-electron chi connectivity index (χ3n) is 5.91. The molecule has 0 bridgehead atoms. The minimum Gasteiger partial charge on any atom is -0.477 e. The van der Waals surface area contributed by atoms with Crippen molar-refractivity contribution in [3.63, 3.8) is 0 Å². The van der Waals surface area contributed by atoms with E-state index in [1.165, 1.54) is 12.8 Å². The summed E-state index contributed by atoms with van der Waals surface area (Å²) in [6.45, 7) is 2.04. The van der Waals surface area contributed by atoms with Gasteiger partial charge in [-0.3, -0.25) is 4.79 Å². The number of rotatable bonds is 9. The van der Waals surface area contributed by atoms with E-state index in [1.807, 2.05) is 30.3 Å². The zero-order chi connectivity index (χ0) is 20.8. The normalized spacial score (nSPS) is 18.4. The maximum atomic E-state index is 12.6. The molecule has 2 aliphatic rings. The van der Waals surface area contributed by atoms with E-state index >= 15 is 0 Å². The van der Waals surface area contributed by atoms with Crippen LogP contribution in [0.15, 0.2) is 30.3 Å². The van der Waals surface area contributed by atoms with Gasteiger partial charge in [-0.15, -0.1) is 0 Å². The van der Waals surface area contributed by atoms with Crippen molar-refractivity contribution in [3.05, 3.63) is 41.6 Å². The number of aryl methyl sites for hydroxylation is 1. The van der Waals surface area contributed by atoms with Crippen molar-refractivity contribution in [1.82, 2.24) is 15.3 Å². The first-order chi connectivity index (χ1) is 14.7. The summed E-state index contributed by atoms with van der Waals surface area (Å²) in [5, 5.41) is 3.06. The number of nitrogens with zero attached hydrogens (tertiary/aromatic N) is 2. The summed E-state index contributed by atoms with van der Waals surface area (Å²) in [5.41, 5.74) is 3.11. The Morgan fingerprint density at radius 1 is 1.10 bits per heavy atom. The highest BCUT2D eigenvalue weighted by atomic mass is 16.5. The van der Waals surface area contributed by atoms with E-state index in [9.17, 15) is 4.79 Å². The highest BCUT2D eigenvalue weighted by Gasteiger charge is 2.28. The van der Waals surface area contributed by atoms with Crippen molar-refractivity contribution in [3.8, 4) is 17.3 Å². The fraction of sp³-hybridized carbons (Fsp3) is 0.542. The zero-order valence-electron chi connectivity index (χ0n) is 17.7. The Bertz CT molecular complexity index is 852. The lowest BCUT2D eigenvalue weighted by molar-refractivity contribution is -0.125. The van der Waals surface area contributed by atoms with Crippen molar-refractivity contribution >= 4 is 5.91 Å². The number of hydrogen-bond acceptors (Lipinski definition) is 5. The number of benzene rings is 1. The van der Waals surface area contributed by atoms with Crippen LogP contribution in [0.4, 0.5) is 0 Å². The van der Waals surface area contributed by atoms with Crippen molar-refractivity contribution in [2.45, 2.75) is 44.9 Å². The molecule has 1 atom stereocenters. The van der Waals surface area contributed by atoms with E-state index in [2.05, 4.69) is 5.32 Å². The van der Waals surface area contributed by atoms with Crippen LogP contribution >= 0.6 is 0 Å². The van der Waals surface area contributed by atoms with Crippen molar-refractivity contribution < 1.29 is 14.3 Å². The Morgan fingerprint density at radius 3 is 2.67 bits per heavy atom. The number of carbonyl (C=O) groups excluding carboxylic acids is 1. The molecular formula is C24H31N3O3. The molecule has 4 rings (SSSR count). The van der Waals surface area contributed by atoms with Gasteiger partial charge >= 0.3 is 0 Å². The lowest BCUT2D eigenvalue weighted by Gasteiger charge is -2.14. The molecule has 30 heavy (non-hydrogen) atoms. The first kappa shape index (κ1) is 20.8. The first-order valence-corrected chi connectivity index (χ1v) is 11.1. The number of fused-ring (bicyclic) bond motifs is 1. The molecule has 1 saturated carbocycles. The molecule has 1 N–H and O–H groups in total. The van der Waals surface area contributed by atoms with Crippen LogP contribution in [0, 0.1) is 11.8 Å². The summed E-state index contributed by atoms with van der Waals surface area (Å²) in [5.74, 6) is 2.22. The van der Waals surface area contributed by atoms with Gasteiger partial charge in [-0.25, -0.2) is 4.98 Å². The monoisotopic (exact) mass is 409 g/mol. The largest absolute Gasteiger partial charge is 0.477 e. The van der Waals surface area contributed by atoms with E-state index in [0.717, 1.165) is 55.5 Å². The van der Waals surface area contributed by atoms with Crippen LogP contribution in [-0.4, -0.2) is 42.7 Å². The number of ether oxygens (including phenoxy) is 2. The van der Waals surface area contributed by atoms with Gasteiger partial charge < -0.3 is 14.8 Å². The van der Waals surface area contributed by atoms with Crippen molar-refractivity contribution in [1.29, 1.82) is 0 Å². The van der Waals surface area contributed by atoms with Crippen LogP contribution in [0.5, 0.6) is 5.88 Å². The summed E-state index contributed by atoms with van der Waals surface area (Å²) in [7, 11) is 1.68. The topological polar surface area (TPSA) is 73.3 Å². The molecule has 1 heterocycles. The fourth-order valence-electron chi connectivity index (χ4n) is 3.89. The Hall–Kier alpha value is -2.47. The van der Waals surface area contributed by atoms with Gasteiger partial charge in [-0.1, -0.05) is 30.3 Å². The Kier molecular flexibility index (Phi) is 6.95. The number of nitrogens with one attached hydrogen (secondary N) is 1. The van der Waals surface area contributed by atoms with E-state index in [4.69, 9.17) is 19.4 Å². The van der Waals surface area contributed by atoms with Crippen LogP contribution in [0.1, 0.15) is 43.4 Å². The van der Waals surface area contributed by atoms with Gasteiger partial charge in [0.15, 0.2) is 5.82 Å². The standard InChI is InChI=1S/C24H31N3O3/c1-29-15-5-14-25-23(28)19-10-12-20-21(13-11-19)26-22(18-6-3-2-4-7-18)27-24(20)30-16-17-8-9-17/h2-4,6-7,17,19H,5,8-16H2,1H3,(H,25,28). The Balaban J connectivity index is 1.50. The smallest absolute Gasteiger partial charge is 0.223 e. The molecule has 0 spiro atoms. The number of aromatic nitrogens is 2. The highest BCUT2D eigenvalue weighted by molar-refractivity contribution is 5.78. The fourth-order valence-corrected chi connectivity index (χ4v) is 3.89. The second-order valence-corrected chi connectivity index (χ2v) is 8.31. The average Bonchev–Trinajstić information content (AvgIpc) is 3.62. The SMILES string of the molecule is COCCCNC(=O)C1CCc2nc(-c3ccccc3)nc(OCC3CC3)c2CC1. The quantitative estimate of drug-likeness (QED) is 0.506. The molecule has 0 saturated heterocycles. The molecule has 1 fully saturated rings. The van der Waals surface area contributed by atoms with Crippen molar-refractivity contribution in [2.75, 3.05) is 26.9 Å². The minimum absolute atomic E-state index is 0.00166. The molecule has 1 amide bonds. The van der Waals surface area contributed by atoms with E-state index in [0.29, 0.717) is 30.8 Å². The molecule has 2 aliphatic carbocycles. The molecular weight excluding hydrogens is 378 g/mol.